The van der Waals surface area contributed by atoms with Crippen molar-refractivity contribution in [2.45, 2.75) is 24.7 Å². The lowest BCUT2D eigenvalue weighted by molar-refractivity contribution is 0.0827. The minimum atomic E-state index is -0.116. The fraction of sp³-hybridized carbons (Fsp3) is 0.250. The van der Waals surface area contributed by atoms with Crippen molar-refractivity contribution < 1.29 is 4.79 Å². The lowest BCUT2D eigenvalue weighted by Gasteiger charge is -2.12. The smallest absolute Gasteiger partial charge is 0.256 e. The maximum Gasteiger partial charge on any atom is 0.256 e. The summed E-state index contributed by atoms with van der Waals surface area (Å²) in [6.07, 6.45) is 4.74. The molecule has 0 aliphatic carbocycles. The van der Waals surface area contributed by atoms with E-state index in [9.17, 15) is 4.79 Å². The van der Waals surface area contributed by atoms with Crippen molar-refractivity contribution in [3.63, 3.8) is 0 Å². The van der Waals surface area contributed by atoms with E-state index in [-0.39, 0.29) is 5.91 Å². The molecule has 0 spiro atoms. The number of hydrogen-bond donors (Lipinski definition) is 1. The Bertz CT molecular complexity index is 969. The van der Waals surface area contributed by atoms with Crippen molar-refractivity contribution in [2.24, 2.45) is 0 Å². The molecule has 6 nitrogen and oxygen atoms in total. The van der Waals surface area contributed by atoms with E-state index < -0.39 is 0 Å². The topological polar surface area (TPSA) is 63.1 Å². The number of nitrogens with zero attached hydrogens (tertiary/aromatic N) is 4. The molecule has 28 heavy (non-hydrogen) atoms. The molecule has 1 N–H and O–H groups in total. The number of aromatic nitrogens is 3. The fourth-order valence-corrected chi connectivity index (χ4v) is 3.34. The number of benzene rings is 1. The summed E-state index contributed by atoms with van der Waals surface area (Å²) in [7, 11) is 3.41. The third kappa shape index (κ3) is 4.66. The van der Waals surface area contributed by atoms with Crippen molar-refractivity contribution in [3.8, 4) is 5.82 Å². The molecule has 0 aliphatic rings. The average molecular weight is 416 g/mol. The summed E-state index contributed by atoms with van der Waals surface area (Å²) < 4.78 is 4.86. The van der Waals surface area contributed by atoms with Gasteiger partial charge in [0.1, 0.15) is 0 Å². The molecule has 3 rings (SSSR count). The molecule has 1 amide bonds. The highest BCUT2D eigenvalue weighted by molar-refractivity contribution is 8.00. The summed E-state index contributed by atoms with van der Waals surface area (Å²) in [5.41, 5.74) is 2.49. The van der Waals surface area contributed by atoms with Gasteiger partial charge in [-0.3, -0.25) is 4.79 Å². The number of amides is 1. The molecule has 146 valence electrons. The second-order valence-electron chi connectivity index (χ2n) is 6.83. The van der Waals surface area contributed by atoms with Crippen molar-refractivity contribution in [2.75, 3.05) is 18.8 Å². The number of nitrogens with one attached hydrogen (secondary N) is 1. The van der Waals surface area contributed by atoms with Gasteiger partial charge in [-0.15, -0.1) is 0 Å². The van der Waals surface area contributed by atoms with Crippen molar-refractivity contribution in [1.29, 1.82) is 0 Å². The highest BCUT2D eigenvalue weighted by Crippen LogP contribution is 2.28. The van der Waals surface area contributed by atoms with Crippen LogP contribution in [-0.2, 0) is 0 Å². The Morgan fingerprint density at radius 3 is 2.57 bits per heavy atom. The normalized spacial score (nSPS) is 10.9. The first-order valence-corrected chi connectivity index (χ1v) is 9.99. The average Bonchev–Trinajstić information content (AvgIpc) is 3.15. The maximum absolute atomic E-state index is 12.1. The predicted molar refractivity (Wildman–Crippen MR) is 114 cm³/mol. The van der Waals surface area contributed by atoms with Crippen LogP contribution in [0.25, 0.3) is 5.82 Å². The van der Waals surface area contributed by atoms with E-state index in [1.165, 1.54) is 28.6 Å². The van der Waals surface area contributed by atoms with Gasteiger partial charge in [-0.1, -0.05) is 37.6 Å². The Morgan fingerprint density at radius 2 is 1.93 bits per heavy atom. The minimum Gasteiger partial charge on any atom is -0.345 e. The molecule has 0 atom stereocenters. The highest BCUT2D eigenvalue weighted by Gasteiger charge is 2.14. The predicted octanol–water partition coefficient (Wildman–Crippen LogP) is 4.87. The Kier molecular flexibility index (Phi) is 6.26. The summed E-state index contributed by atoms with van der Waals surface area (Å²) in [6.45, 7) is 4.34. The van der Waals surface area contributed by atoms with E-state index in [0.29, 0.717) is 28.0 Å². The Hall–Kier alpha value is -2.51. The zero-order valence-electron chi connectivity index (χ0n) is 16.2. The molecular weight excluding hydrogens is 394 g/mol. The third-order valence-corrected chi connectivity index (χ3v) is 5.15. The first-order valence-electron chi connectivity index (χ1n) is 8.80. The summed E-state index contributed by atoms with van der Waals surface area (Å²) >= 11 is 7.60. The first kappa shape index (κ1) is 20.2. The number of rotatable bonds is 6. The van der Waals surface area contributed by atoms with E-state index >= 15 is 0 Å². The van der Waals surface area contributed by atoms with Crippen LogP contribution in [0.1, 0.15) is 35.7 Å². The van der Waals surface area contributed by atoms with Crippen LogP contribution in [-0.4, -0.2) is 39.7 Å². The Labute approximate surface area is 174 Å². The molecule has 0 bridgehead atoms. The van der Waals surface area contributed by atoms with Crippen LogP contribution in [0.2, 0.25) is 5.02 Å². The van der Waals surface area contributed by atoms with Crippen LogP contribution in [0.15, 0.2) is 53.8 Å². The summed E-state index contributed by atoms with van der Waals surface area (Å²) in [6, 6.07) is 10.2. The highest BCUT2D eigenvalue weighted by atomic mass is 35.5. The van der Waals surface area contributed by atoms with E-state index in [1.54, 1.807) is 37.2 Å². The zero-order valence-corrected chi connectivity index (χ0v) is 17.8. The van der Waals surface area contributed by atoms with Crippen LogP contribution < -0.4 is 4.72 Å². The molecule has 2 heterocycles. The molecule has 0 saturated carbocycles. The molecule has 0 unspecified atom stereocenters. The molecule has 0 aliphatic heterocycles. The molecule has 2 aromatic heterocycles. The second-order valence-corrected chi connectivity index (χ2v) is 8.14. The van der Waals surface area contributed by atoms with Crippen LogP contribution in [0.4, 0.5) is 5.69 Å². The van der Waals surface area contributed by atoms with Crippen LogP contribution in [0.3, 0.4) is 0 Å². The standard InChI is InChI=1S/C20H22ClN5OS/c1-13(2)14-5-7-17(8-6-14)28-24-18-9-16(21)11-22-19(18)26-12-15(10-23-26)20(27)25(3)4/h5-13,24H,1-4H3. The molecule has 8 heteroatoms. The number of pyridine rings is 1. The van der Waals surface area contributed by atoms with E-state index in [2.05, 4.69) is 52.9 Å². The number of halogens is 1. The van der Waals surface area contributed by atoms with Gasteiger partial charge in [0.2, 0.25) is 0 Å². The molecular formula is C20H22ClN5OS. The number of carbonyl (C=O) groups excluding carboxylic acids is 1. The number of carbonyl (C=O) groups is 1. The van der Waals surface area contributed by atoms with Gasteiger partial charge in [0.05, 0.1) is 22.5 Å². The molecule has 0 saturated heterocycles. The molecule has 1 aromatic carbocycles. The van der Waals surface area contributed by atoms with Gasteiger partial charge >= 0.3 is 0 Å². The van der Waals surface area contributed by atoms with Gasteiger partial charge in [-0.25, -0.2) is 9.67 Å². The Morgan fingerprint density at radius 1 is 1.21 bits per heavy atom. The molecule has 0 fully saturated rings. The van der Waals surface area contributed by atoms with Crippen molar-refractivity contribution in [3.05, 3.63) is 65.1 Å². The van der Waals surface area contributed by atoms with Crippen LogP contribution in [0, 0.1) is 0 Å². The first-order chi connectivity index (χ1) is 13.3. The monoisotopic (exact) mass is 415 g/mol. The van der Waals surface area contributed by atoms with Crippen LogP contribution >= 0.6 is 23.5 Å². The summed E-state index contributed by atoms with van der Waals surface area (Å²) in [4.78, 5) is 19.1. The fourth-order valence-electron chi connectivity index (χ4n) is 2.53. The summed E-state index contributed by atoms with van der Waals surface area (Å²) in [5.74, 6) is 0.942. The van der Waals surface area contributed by atoms with Gasteiger partial charge in [-0.2, -0.15) is 5.10 Å². The zero-order chi connectivity index (χ0) is 20.3. The van der Waals surface area contributed by atoms with E-state index in [0.717, 1.165) is 4.90 Å². The second kappa shape index (κ2) is 8.67. The van der Waals surface area contributed by atoms with Crippen molar-refractivity contribution in [1.82, 2.24) is 19.7 Å². The summed E-state index contributed by atoms with van der Waals surface area (Å²) in [5, 5.41) is 4.79. The van der Waals surface area contributed by atoms with Gasteiger partial charge in [0.15, 0.2) is 5.82 Å². The van der Waals surface area contributed by atoms with Crippen LogP contribution in [0.5, 0.6) is 0 Å². The number of anilines is 1. The lowest BCUT2D eigenvalue weighted by atomic mass is 10.0. The van der Waals surface area contributed by atoms with Gasteiger partial charge in [-0.05, 0) is 41.6 Å². The van der Waals surface area contributed by atoms with Gasteiger partial charge in [0.25, 0.3) is 5.91 Å². The Balaban J connectivity index is 1.82. The largest absolute Gasteiger partial charge is 0.345 e. The molecule has 0 radical (unpaired) electrons. The molecule has 3 aromatic rings. The van der Waals surface area contributed by atoms with Gasteiger partial charge < -0.3 is 9.62 Å². The maximum atomic E-state index is 12.1. The van der Waals surface area contributed by atoms with E-state index in [4.69, 9.17) is 11.6 Å². The number of hydrogen-bond acceptors (Lipinski definition) is 5. The van der Waals surface area contributed by atoms with Crippen molar-refractivity contribution >= 4 is 35.1 Å². The van der Waals surface area contributed by atoms with Gasteiger partial charge in [0, 0.05) is 31.4 Å². The third-order valence-electron chi connectivity index (χ3n) is 4.11. The lowest BCUT2D eigenvalue weighted by Crippen LogP contribution is -2.21. The van der Waals surface area contributed by atoms with E-state index in [1.807, 2.05) is 0 Å². The SMILES string of the molecule is CC(C)c1ccc(SNc2cc(Cl)cnc2-n2cc(C(=O)N(C)C)cn2)cc1. The minimum absolute atomic E-state index is 0.116. The quantitative estimate of drug-likeness (QED) is 0.582.